The first-order chi connectivity index (χ1) is 14.3. The second kappa shape index (κ2) is 11.2. The Morgan fingerprint density at radius 2 is 2.03 bits per heavy atom. The fourth-order valence-electron chi connectivity index (χ4n) is 2.87. The molecule has 0 unspecified atom stereocenters. The van der Waals surface area contributed by atoms with E-state index in [0.717, 1.165) is 5.56 Å². The highest BCUT2D eigenvalue weighted by molar-refractivity contribution is 7.99. The summed E-state index contributed by atoms with van der Waals surface area (Å²) < 4.78 is 6.38. The van der Waals surface area contributed by atoms with Crippen LogP contribution in [0.5, 0.6) is 0 Å². The number of anilines is 2. The number of ether oxygens (including phenoxy) is 1. The summed E-state index contributed by atoms with van der Waals surface area (Å²) in [7, 11) is 1.50. The van der Waals surface area contributed by atoms with Crippen molar-refractivity contribution in [3.05, 3.63) is 55.7 Å². The summed E-state index contributed by atoms with van der Waals surface area (Å²) in [4.78, 5) is 41.3. The first-order valence-electron chi connectivity index (χ1n) is 9.49. The Morgan fingerprint density at radius 1 is 1.33 bits per heavy atom. The van der Waals surface area contributed by atoms with Gasteiger partial charge in [0.1, 0.15) is 5.82 Å². The number of aromatic amines is 1. The van der Waals surface area contributed by atoms with Crippen molar-refractivity contribution in [3.63, 3.8) is 0 Å². The van der Waals surface area contributed by atoms with Crippen LogP contribution in [0.2, 0.25) is 5.02 Å². The Bertz CT molecular complexity index is 990. The van der Waals surface area contributed by atoms with E-state index >= 15 is 0 Å². The summed E-state index contributed by atoms with van der Waals surface area (Å²) in [5.74, 6) is 0.436. The van der Waals surface area contributed by atoms with Crippen LogP contribution in [0.15, 0.2) is 33.9 Å². The molecule has 0 aliphatic rings. The molecule has 3 N–H and O–H groups in total. The number of methoxy groups -OCH3 is 1. The summed E-state index contributed by atoms with van der Waals surface area (Å²) in [6, 6.07) is 7.41. The topological polar surface area (TPSA) is 110 Å². The largest absolute Gasteiger partial charge is 0.383 e. The van der Waals surface area contributed by atoms with Gasteiger partial charge in [-0.25, -0.2) is 4.79 Å². The fourth-order valence-corrected chi connectivity index (χ4v) is 4.06. The first kappa shape index (κ1) is 24.0. The number of halogens is 1. The first-order valence-corrected chi connectivity index (χ1v) is 11.0. The molecule has 0 aliphatic carbocycles. The van der Waals surface area contributed by atoms with E-state index in [1.807, 2.05) is 32.0 Å². The predicted molar refractivity (Wildman–Crippen MR) is 122 cm³/mol. The highest BCUT2D eigenvalue weighted by Crippen LogP contribution is 2.23. The summed E-state index contributed by atoms with van der Waals surface area (Å²) in [5, 5.41) is 0.634. The van der Waals surface area contributed by atoms with Crippen LogP contribution in [0.4, 0.5) is 11.5 Å². The van der Waals surface area contributed by atoms with Crippen molar-refractivity contribution in [1.29, 1.82) is 0 Å². The minimum absolute atomic E-state index is 0.0296. The molecule has 1 aromatic carbocycles. The summed E-state index contributed by atoms with van der Waals surface area (Å²) >= 11 is 7.54. The molecule has 0 saturated heterocycles. The SMILES string of the molecule is COCCN(C(=O)CSCc1ccccc1Cl)c1c(N)n(CC(C)C)c(=O)[nH]c1=O. The molecule has 0 aliphatic heterocycles. The molecular weight excluding hydrogens is 428 g/mol. The maximum atomic E-state index is 13.0. The van der Waals surface area contributed by atoms with E-state index in [1.54, 1.807) is 6.07 Å². The number of hydrogen-bond donors (Lipinski definition) is 2. The van der Waals surface area contributed by atoms with Crippen LogP contribution >= 0.6 is 23.4 Å². The number of nitrogen functional groups attached to an aromatic ring is 1. The van der Waals surface area contributed by atoms with E-state index < -0.39 is 11.2 Å². The third-order valence-electron chi connectivity index (χ3n) is 4.29. The summed E-state index contributed by atoms with van der Waals surface area (Å²) in [6.45, 7) is 4.52. The van der Waals surface area contributed by atoms with Crippen molar-refractivity contribution >= 4 is 40.8 Å². The molecule has 0 bridgehead atoms. The number of aromatic nitrogens is 2. The Hall–Kier alpha value is -2.23. The third-order valence-corrected chi connectivity index (χ3v) is 5.63. The smallest absolute Gasteiger partial charge is 0.330 e. The lowest BCUT2D eigenvalue weighted by atomic mass is 10.2. The van der Waals surface area contributed by atoms with Crippen molar-refractivity contribution in [3.8, 4) is 0 Å². The number of rotatable bonds is 10. The van der Waals surface area contributed by atoms with Gasteiger partial charge in [-0.3, -0.25) is 19.1 Å². The minimum Gasteiger partial charge on any atom is -0.383 e. The molecule has 1 aromatic heterocycles. The lowest BCUT2D eigenvalue weighted by Crippen LogP contribution is -2.43. The number of thioether (sulfide) groups is 1. The molecule has 0 radical (unpaired) electrons. The molecule has 0 fully saturated rings. The molecule has 1 amide bonds. The summed E-state index contributed by atoms with van der Waals surface area (Å²) in [5.41, 5.74) is 5.76. The molecular formula is C20H27ClN4O4S. The average Bonchev–Trinajstić information content (AvgIpc) is 2.68. The number of nitrogens with two attached hydrogens (primary N) is 1. The van der Waals surface area contributed by atoms with Gasteiger partial charge < -0.3 is 15.4 Å². The van der Waals surface area contributed by atoms with Gasteiger partial charge in [0, 0.05) is 31.0 Å². The van der Waals surface area contributed by atoms with Gasteiger partial charge in [-0.2, -0.15) is 0 Å². The minimum atomic E-state index is -0.696. The zero-order chi connectivity index (χ0) is 22.3. The fraction of sp³-hybridized carbons (Fsp3) is 0.450. The van der Waals surface area contributed by atoms with Crippen LogP contribution in [0.3, 0.4) is 0 Å². The zero-order valence-corrected chi connectivity index (χ0v) is 18.9. The standard InChI is InChI=1S/C20H27ClN4O4S/c1-13(2)10-25-18(22)17(19(27)23-20(25)28)24(8-9-29-3)16(26)12-30-11-14-6-4-5-7-15(14)21/h4-7,13H,8-12,22H2,1-3H3,(H,23,27,28). The lowest BCUT2D eigenvalue weighted by Gasteiger charge is -2.24. The van der Waals surface area contributed by atoms with Crippen LogP contribution in [-0.2, 0) is 21.8 Å². The number of carbonyl (C=O) groups is 1. The second-order valence-electron chi connectivity index (χ2n) is 7.12. The quantitative estimate of drug-likeness (QED) is 0.570. The van der Waals surface area contributed by atoms with E-state index in [1.165, 1.54) is 28.3 Å². The van der Waals surface area contributed by atoms with Gasteiger partial charge in [-0.15, -0.1) is 11.8 Å². The van der Waals surface area contributed by atoms with Gasteiger partial charge in [0.2, 0.25) is 5.91 Å². The van der Waals surface area contributed by atoms with Crippen LogP contribution < -0.4 is 21.9 Å². The van der Waals surface area contributed by atoms with Crippen molar-refractivity contribution < 1.29 is 9.53 Å². The van der Waals surface area contributed by atoms with Gasteiger partial charge in [0.15, 0.2) is 5.69 Å². The molecule has 2 rings (SSSR count). The number of hydrogen-bond acceptors (Lipinski definition) is 6. The van der Waals surface area contributed by atoms with Gasteiger partial charge in [-0.1, -0.05) is 43.6 Å². The number of benzene rings is 1. The molecule has 2 aromatic rings. The van der Waals surface area contributed by atoms with Crippen molar-refractivity contribution in [2.45, 2.75) is 26.1 Å². The average molecular weight is 455 g/mol. The Labute approximate surface area is 184 Å². The highest BCUT2D eigenvalue weighted by atomic mass is 35.5. The molecule has 164 valence electrons. The van der Waals surface area contributed by atoms with Crippen LogP contribution in [0, 0.1) is 5.92 Å². The Balaban J connectivity index is 2.28. The monoisotopic (exact) mass is 454 g/mol. The van der Waals surface area contributed by atoms with Crippen molar-refractivity contribution in [2.75, 3.05) is 36.6 Å². The van der Waals surface area contributed by atoms with Gasteiger partial charge >= 0.3 is 5.69 Å². The molecule has 0 atom stereocenters. The number of H-pyrrole nitrogens is 1. The molecule has 30 heavy (non-hydrogen) atoms. The molecule has 10 heteroatoms. The second-order valence-corrected chi connectivity index (χ2v) is 8.51. The van der Waals surface area contributed by atoms with Crippen LogP contribution in [0.1, 0.15) is 19.4 Å². The van der Waals surface area contributed by atoms with Crippen molar-refractivity contribution in [1.82, 2.24) is 9.55 Å². The molecule has 8 nitrogen and oxygen atoms in total. The van der Waals surface area contributed by atoms with Gasteiger partial charge in [0.25, 0.3) is 5.56 Å². The third kappa shape index (κ3) is 6.13. The molecule has 0 saturated carbocycles. The zero-order valence-electron chi connectivity index (χ0n) is 17.3. The number of amides is 1. The normalized spacial score (nSPS) is 11.1. The lowest BCUT2D eigenvalue weighted by molar-refractivity contribution is -0.116. The van der Waals surface area contributed by atoms with E-state index in [0.29, 0.717) is 17.3 Å². The van der Waals surface area contributed by atoms with Crippen LogP contribution in [0.25, 0.3) is 0 Å². The van der Waals surface area contributed by atoms with Gasteiger partial charge in [-0.05, 0) is 17.5 Å². The van der Waals surface area contributed by atoms with E-state index in [2.05, 4.69) is 4.98 Å². The molecule has 0 spiro atoms. The Kier molecular flexibility index (Phi) is 9.01. The highest BCUT2D eigenvalue weighted by Gasteiger charge is 2.24. The van der Waals surface area contributed by atoms with Crippen LogP contribution in [-0.4, -0.2) is 41.5 Å². The van der Waals surface area contributed by atoms with Crippen molar-refractivity contribution in [2.24, 2.45) is 5.92 Å². The van der Waals surface area contributed by atoms with Gasteiger partial charge in [0.05, 0.1) is 12.4 Å². The Morgan fingerprint density at radius 3 is 2.67 bits per heavy atom. The number of nitrogens with one attached hydrogen (secondary N) is 1. The molecule has 1 heterocycles. The van der Waals surface area contributed by atoms with E-state index in [-0.39, 0.29) is 42.2 Å². The van der Waals surface area contributed by atoms with E-state index in [4.69, 9.17) is 22.1 Å². The number of carbonyl (C=O) groups excluding carboxylic acids is 1. The summed E-state index contributed by atoms with van der Waals surface area (Å²) in [6.07, 6.45) is 0. The number of nitrogens with zero attached hydrogens (tertiary/aromatic N) is 2. The van der Waals surface area contributed by atoms with E-state index in [9.17, 15) is 14.4 Å². The maximum Gasteiger partial charge on any atom is 0.330 e. The predicted octanol–water partition coefficient (Wildman–Crippen LogP) is 2.34. The maximum absolute atomic E-state index is 13.0.